The number of aromatic nitrogens is 1. The summed E-state index contributed by atoms with van der Waals surface area (Å²) in [6, 6.07) is 3.29. The minimum Gasteiger partial charge on any atom is -0.619 e. The van der Waals surface area contributed by atoms with Crippen molar-refractivity contribution >= 4 is 5.78 Å². The maximum absolute atomic E-state index is 11.6. The van der Waals surface area contributed by atoms with E-state index in [1.54, 1.807) is 12.1 Å². The lowest BCUT2D eigenvalue weighted by atomic mass is 9.82. The molecule has 0 amide bonds. The standard InChI is InChI=1S/C11H13NO3/c13-9-1-2-11(14)10(7-9)8-3-5-12(15)6-4-8/h3-6,9-10,13H,1-2,7H2. The Morgan fingerprint density at radius 1 is 1.40 bits per heavy atom. The average Bonchev–Trinajstić information content (AvgIpc) is 2.23. The van der Waals surface area contributed by atoms with Crippen LogP contribution in [0.5, 0.6) is 0 Å². The fourth-order valence-corrected chi connectivity index (χ4v) is 1.98. The van der Waals surface area contributed by atoms with E-state index in [9.17, 15) is 15.1 Å². The van der Waals surface area contributed by atoms with Gasteiger partial charge in [0.1, 0.15) is 5.78 Å². The van der Waals surface area contributed by atoms with Gasteiger partial charge in [0.15, 0.2) is 12.4 Å². The topological polar surface area (TPSA) is 64.2 Å². The molecule has 4 nitrogen and oxygen atoms in total. The molecule has 0 aliphatic heterocycles. The number of nitrogens with zero attached hydrogens (tertiary/aromatic N) is 1. The number of carbonyl (C=O) groups is 1. The lowest BCUT2D eigenvalue weighted by molar-refractivity contribution is -0.605. The van der Waals surface area contributed by atoms with Gasteiger partial charge in [-0.25, -0.2) is 0 Å². The summed E-state index contributed by atoms with van der Waals surface area (Å²) in [6.45, 7) is 0. The lowest BCUT2D eigenvalue weighted by Crippen LogP contribution is -2.28. The Labute approximate surface area is 87.7 Å². The summed E-state index contributed by atoms with van der Waals surface area (Å²) in [7, 11) is 0. The number of aliphatic hydroxyl groups is 1. The van der Waals surface area contributed by atoms with Crippen molar-refractivity contribution in [2.75, 3.05) is 0 Å². The molecule has 2 unspecified atom stereocenters. The van der Waals surface area contributed by atoms with Crippen LogP contribution in [0, 0.1) is 5.21 Å². The van der Waals surface area contributed by atoms with Crippen molar-refractivity contribution in [3.8, 4) is 0 Å². The minimum atomic E-state index is -0.396. The first-order valence-corrected chi connectivity index (χ1v) is 5.06. The van der Waals surface area contributed by atoms with E-state index in [0.717, 1.165) is 5.56 Å². The molecule has 2 atom stereocenters. The summed E-state index contributed by atoms with van der Waals surface area (Å²) in [5.74, 6) is -0.0844. The molecule has 0 radical (unpaired) electrons. The Hall–Kier alpha value is -1.42. The highest BCUT2D eigenvalue weighted by atomic mass is 16.5. The van der Waals surface area contributed by atoms with Gasteiger partial charge in [0, 0.05) is 24.5 Å². The second-order valence-corrected chi connectivity index (χ2v) is 3.94. The van der Waals surface area contributed by atoms with Gasteiger partial charge >= 0.3 is 0 Å². The summed E-state index contributed by atoms with van der Waals surface area (Å²) in [5.41, 5.74) is 0.825. The molecule has 0 saturated heterocycles. The fourth-order valence-electron chi connectivity index (χ4n) is 1.98. The third kappa shape index (κ3) is 2.15. The molecule has 1 saturated carbocycles. The summed E-state index contributed by atoms with van der Waals surface area (Å²) < 4.78 is 0.688. The van der Waals surface area contributed by atoms with Crippen LogP contribution in [0.15, 0.2) is 24.5 Å². The van der Waals surface area contributed by atoms with Crippen LogP contribution in [0.3, 0.4) is 0 Å². The van der Waals surface area contributed by atoms with Crippen LogP contribution < -0.4 is 4.73 Å². The Balaban J connectivity index is 2.21. The van der Waals surface area contributed by atoms with E-state index in [0.29, 0.717) is 24.0 Å². The highest BCUT2D eigenvalue weighted by Crippen LogP contribution is 2.29. The predicted octanol–water partition coefficient (Wildman–Crippen LogP) is 0.518. The number of hydrogen-bond donors (Lipinski definition) is 1. The molecular formula is C11H13NO3. The predicted molar refractivity (Wildman–Crippen MR) is 53.0 cm³/mol. The molecule has 1 aliphatic rings. The third-order valence-corrected chi connectivity index (χ3v) is 2.85. The Kier molecular flexibility index (Phi) is 2.68. The smallest absolute Gasteiger partial charge is 0.180 e. The van der Waals surface area contributed by atoms with Gasteiger partial charge in [0.25, 0.3) is 0 Å². The van der Waals surface area contributed by atoms with Gasteiger partial charge in [-0.2, -0.15) is 4.73 Å². The highest BCUT2D eigenvalue weighted by Gasteiger charge is 2.28. The normalized spacial score (nSPS) is 26.6. The first kappa shape index (κ1) is 10.1. The van der Waals surface area contributed by atoms with Crippen LogP contribution in [-0.4, -0.2) is 17.0 Å². The number of aliphatic hydroxyl groups excluding tert-OH is 1. The van der Waals surface area contributed by atoms with Crippen molar-refractivity contribution < 1.29 is 14.6 Å². The van der Waals surface area contributed by atoms with Gasteiger partial charge in [-0.15, -0.1) is 0 Å². The van der Waals surface area contributed by atoms with Gasteiger partial charge in [0.2, 0.25) is 0 Å². The molecule has 0 spiro atoms. The maximum Gasteiger partial charge on any atom is 0.180 e. The molecule has 0 aromatic carbocycles. The van der Waals surface area contributed by atoms with E-state index >= 15 is 0 Å². The average molecular weight is 207 g/mol. The van der Waals surface area contributed by atoms with E-state index in [2.05, 4.69) is 0 Å². The van der Waals surface area contributed by atoms with Crippen molar-refractivity contribution in [1.82, 2.24) is 0 Å². The molecule has 1 aromatic heterocycles. The van der Waals surface area contributed by atoms with E-state index in [1.165, 1.54) is 12.4 Å². The molecule has 1 aromatic rings. The molecule has 4 heteroatoms. The number of rotatable bonds is 1. The number of Topliss-reactive ketones (excluding diaryl/α,β-unsaturated/α-hetero) is 1. The van der Waals surface area contributed by atoms with Gasteiger partial charge in [0.05, 0.1) is 6.10 Å². The second-order valence-electron chi connectivity index (χ2n) is 3.94. The Bertz CT molecular complexity index is 361. The number of carbonyl (C=O) groups excluding carboxylic acids is 1. The number of hydrogen-bond acceptors (Lipinski definition) is 3. The quantitative estimate of drug-likeness (QED) is 0.539. The zero-order valence-electron chi connectivity index (χ0n) is 8.30. The fraction of sp³-hybridized carbons (Fsp3) is 0.455. The molecule has 0 bridgehead atoms. The first-order valence-electron chi connectivity index (χ1n) is 5.06. The second kappa shape index (κ2) is 3.98. The van der Waals surface area contributed by atoms with Gasteiger partial charge in [-0.3, -0.25) is 4.79 Å². The maximum atomic E-state index is 11.6. The Morgan fingerprint density at radius 3 is 2.73 bits per heavy atom. The van der Waals surface area contributed by atoms with Gasteiger partial charge in [-0.1, -0.05) is 0 Å². The monoisotopic (exact) mass is 207 g/mol. The van der Waals surface area contributed by atoms with E-state index < -0.39 is 6.10 Å². The van der Waals surface area contributed by atoms with Crippen molar-refractivity contribution in [2.24, 2.45) is 0 Å². The van der Waals surface area contributed by atoms with E-state index in [-0.39, 0.29) is 11.7 Å². The molecule has 1 heterocycles. The minimum absolute atomic E-state index is 0.156. The molecule has 2 rings (SSSR count). The number of pyridine rings is 1. The first-order chi connectivity index (χ1) is 7.16. The molecule has 80 valence electrons. The summed E-state index contributed by atoms with van der Waals surface area (Å²) in [5, 5.41) is 20.3. The van der Waals surface area contributed by atoms with E-state index in [4.69, 9.17) is 0 Å². The third-order valence-electron chi connectivity index (χ3n) is 2.85. The van der Waals surface area contributed by atoms with Crippen molar-refractivity contribution in [2.45, 2.75) is 31.3 Å². The zero-order valence-corrected chi connectivity index (χ0v) is 8.30. The molecule has 1 N–H and O–H groups in total. The van der Waals surface area contributed by atoms with Crippen LogP contribution in [0.4, 0.5) is 0 Å². The zero-order chi connectivity index (χ0) is 10.8. The summed E-state index contributed by atoms with van der Waals surface area (Å²) >= 11 is 0. The lowest BCUT2D eigenvalue weighted by Gasteiger charge is -2.24. The van der Waals surface area contributed by atoms with Gasteiger partial charge < -0.3 is 10.3 Å². The molecular weight excluding hydrogens is 194 g/mol. The number of ketones is 1. The van der Waals surface area contributed by atoms with Crippen LogP contribution in [0.1, 0.15) is 30.7 Å². The van der Waals surface area contributed by atoms with Gasteiger partial charge in [-0.05, 0) is 18.4 Å². The molecule has 1 fully saturated rings. The summed E-state index contributed by atoms with van der Waals surface area (Å²) in [6.07, 6.45) is 3.82. The Morgan fingerprint density at radius 2 is 2.07 bits per heavy atom. The van der Waals surface area contributed by atoms with Crippen molar-refractivity contribution in [3.05, 3.63) is 35.3 Å². The van der Waals surface area contributed by atoms with Crippen molar-refractivity contribution in [1.29, 1.82) is 0 Å². The molecule has 1 aliphatic carbocycles. The SMILES string of the molecule is O=C1CCC(O)CC1c1cc[n+]([O-])cc1. The highest BCUT2D eigenvalue weighted by molar-refractivity contribution is 5.86. The van der Waals surface area contributed by atoms with E-state index in [1.807, 2.05) is 0 Å². The van der Waals surface area contributed by atoms with Crippen LogP contribution in [-0.2, 0) is 4.79 Å². The van der Waals surface area contributed by atoms with Crippen LogP contribution in [0.2, 0.25) is 0 Å². The van der Waals surface area contributed by atoms with Crippen LogP contribution >= 0.6 is 0 Å². The largest absolute Gasteiger partial charge is 0.619 e. The molecule has 15 heavy (non-hydrogen) atoms. The van der Waals surface area contributed by atoms with Crippen molar-refractivity contribution in [3.63, 3.8) is 0 Å². The summed E-state index contributed by atoms with van der Waals surface area (Å²) in [4.78, 5) is 11.6. The van der Waals surface area contributed by atoms with Crippen LogP contribution in [0.25, 0.3) is 0 Å².